The number of hydrogen-bond acceptors (Lipinski definition) is 6. The summed E-state index contributed by atoms with van der Waals surface area (Å²) in [5.41, 5.74) is -0.201. The van der Waals surface area contributed by atoms with Gasteiger partial charge in [-0.2, -0.15) is 0 Å². The second-order valence-electron chi connectivity index (χ2n) is 11.1. The molecular formula is C25H34O6. The zero-order valence-corrected chi connectivity index (χ0v) is 18.8. The maximum Gasteiger partial charge on any atom is 0.309 e. The van der Waals surface area contributed by atoms with Gasteiger partial charge in [0.1, 0.15) is 5.60 Å². The molecule has 1 heterocycles. The number of rotatable bonds is 1. The molecule has 1 aliphatic heterocycles. The van der Waals surface area contributed by atoms with Gasteiger partial charge in [0, 0.05) is 18.3 Å². The lowest BCUT2D eigenvalue weighted by molar-refractivity contribution is -0.232. The lowest BCUT2D eigenvalue weighted by atomic mass is 9.39. The number of carbonyl (C=O) groups excluding carboxylic acids is 3. The van der Waals surface area contributed by atoms with Crippen LogP contribution in [0.2, 0.25) is 0 Å². The lowest BCUT2D eigenvalue weighted by Crippen LogP contribution is -2.66. The van der Waals surface area contributed by atoms with E-state index in [1.807, 2.05) is 0 Å². The molecular weight excluding hydrogens is 396 g/mol. The highest BCUT2D eigenvalue weighted by Crippen LogP contribution is 2.69. The van der Waals surface area contributed by atoms with Gasteiger partial charge in [0.25, 0.3) is 0 Å². The van der Waals surface area contributed by atoms with Crippen molar-refractivity contribution in [3.63, 3.8) is 0 Å². The number of fused-ring (bicyclic) bond motifs is 6. The molecule has 4 fully saturated rings. The Hall–Kier alpha value is -1.69. The second kappa shape index (κ2) is 6.90. The van der Waals surface area contributed by atoms with E-state index in [2.05, 4.69) is 13.8 Å². The zero-order valence-electron chi connectivity index (χ0n) is 18.8. The molecule has 1 N–H and O–H groups in total. The molecule has 8 atom stereocenters. The lowest BCUT2D eigenvalue weighted by Gasteiger charge is -2.66. The number of aliphatic hydroxyl groups excluding tert-OH is 1. The van der Waals surface area contributed by atoms with Crippen molar-refractivity contribution in [1.82, 2.24) is 0 Å². The number of allylic oxidation sites excluding steroid dienone is 2. The summed E-state index contributed by atoms with van der Waals surface area (Å²) in [4.78, 5) is 37.4. The van der Waals surface area contributed by atoms with Gasteiger partial charge in [0.2, 0.25) is 0 Å². The molecule has 1 spiro atoms. The summed E-state index contributed by atoms with van der Waals surface area (Å²) in [6.07, 6.45) is 7.28. The van der Waals surface area contributed by atoms with Crippen molar-refractivity contribution >= 4 is 17.7 Å². The molecule has 5 rings (SSSR count). The topological polar surface area (TPSA) is 89.9 Å². The third-order valence-electron chi connectivity index (χ3n) is 10.0. The summed E-state index contributed by atoms with van der Waals surface area (Å²) in [5.74, 6) is -0.653. The molecule has 0 aromatic heterocycles. The summed E-state index contributed by atoms with van der Waals surface area (Å²) >= 11 is 0. The van der Waals surface area contributed by atoms with Crippen LogP contribution in [-0.2, 0) is 23.9 Å². The summed E-state index contributed by atoms with van der Waals surface area (Å²) in [6, 6.07) is 0. The number of methoxy groups -OCH3 is 1. The first kappa shape index (κ1) is 21.2. The van der Waals surface area contributed by atoms with Crippen LogP contribution in [-0.4, -0.2) is 41.6 Å². The monoisotopic (exact) mass is 430 g/mol. The zero-order chi connectivity index (χ0) is 22.2. The van der Waals surface area contributed by atoms with Crippen molar-refractivity contribution in [2.24, 2.45) is 34.5 Å². The molecule has 6 nitrogen and oxygen atoms in total. The fourth-order valence-electron chi connectivity index (χ4n) is 8.57. The van der Waals surface area contributed by atoms with Gasteiger partial charge in [-0.15, -0.1) is 0 Å². The number of ether oxygens (including phenoxy) is 2. The Labute approximate surface area is 183 Å². The van der Waals surface area contributed by atoms with Gasteiger partial charge in [0.05, 0.1) is 19.1 Å². The van der Waals surface area contributed by atoms with Crippen molar-refractivity contribution in [2.45, 2.75) is 83.3 Å². The molecule has 0 amide bonds. The molecule has 5 aliphatic rings. The van der Waals surface area contributed by atoms with Crippen molar-refractivity contribution in [2.75, 3.05) is 7.11 Å². The SMILES string of the molecule is COC(=O)C1CC2=CC(=O)CCC2(C)C2C(O)CC3(C)C(CCC[C@@]34CCC(=O)O4)C12. The van der Waals surface area contributed by atoms with Gasteiger partial charge in [0.15, 0.2) is 5.78 Å². The van der Waals surface area contributed by atoms with Crippen molar-refractivity contribution in [1.29, 1.82) is 0 Å². The van der Waals surface area contributed by atoms with E-state index >= 15 is 0 Å². The first-order valence-corrected chi connectivity index (χ1v) is 11.9. The molecule has 4 aliphatic carbocycles. The minimum absolute atomic E-state index is 0.0481. The van der Waals surface area contributed by atoms with E-state index in [1.54, 1.807) is 6.08 Å². The molecule has 3 saturated carbocycles. The third kappa shape index (κ3) is 2.76. The molecule has 0 bridgehead atoms. The Morgan fingerprint density at radius 3 is 2.65 bits per heavy atom. The van der Waals surface area contributed by atoms with E-state index in [-0.39, 0.29) is 52.2 Å². The fourth-order valence-corrected chi connectivity index (χ4v) is 8.57. The third-order valence-corrected chi connectivity index (χ3v) is 10.0. The Bertz CT molecular complexity index is 862. The number of aliphatic hydroxyl groups is 1. The number of hydrogen-bond donors (Lipinski definition) is 1. The Morgan fingerprint density at radius 2 is 1.97 bits per heavy atom. The highest BCUT2D eigenvalue weighted by atomic mass is 16.6. The minimum Gasteiger partial charge on any atom is -0.469 e. The summed E-state index contributed by atoms with van der Waals surface area (Å²) in [5, 5.41) is 11.7. The van der Waals surface area contributed by atoms with Crippen LogP contribution in [0.5, 0.6) is 0 Å². The Kier molecular flexibility index (Phi) is 4.71. The van der Waals surface area contributed by atoms with E-state index in [1.165, 1.54) is 7.11 Å². The van der Waals surface area contributed by atoms with Gasteiger partial charge < -0.3 is 14.6 Å². The van der Waals surface area contributed by atoms with Gasteiger partial charge in [-0.05, 0) is 74.2 Å². The maximum absolute atomic E-state index is 13.0. The molecule has 1 saturated heterocycles. The molecule has 170 valence electrons. The summed E-state index contributed by atoms with van der Waals surface area (Å²) < 4.78 is 11.3. The van der Waals surface area contributed by atoms with Crippen LogP contribution in [0, 0.1) is 34.5 Å². The average molecular weight is 431 g/mol. The van der Waals surface area contributed by atoms with Crippen molar-refractivity contribution in [3.05, 3.63) is 11.6 Å². The van der Waals surface area contributed by atoms with E-state index in [0.29, 0.717) is 38.5 Å². The van der Waals surface area contributed by atoms with Crippen LogP contribution >= 0.6 is 0 Å². The number of ketones is 1. The van der Waals surface area contributed by atoms with E-state index in [4.69, 9.17) is 9.47 Å². The van der Waals surface area contributed by atoms with Crippen LogP contribution in [0.4, 0.5) is 0 Å². The minimum atomic E-state index is -0.616. The highest BCUT2D eigenvalue weighted by Gasteiger charge is 2.69. The fraction of sp³-hybridized carbons (Fsp3) is 0.800. The normalized spacial score (nSPS) is 48.9. The highest BCUT2D eigenvalue weighted by molar-refractivity contribution is 5.92. The largest absolute Gasteiger partial charge is 0.469 e. The summed E-state index contributed by atoms with van der Waals surface area (Å²) in [6.45, 7) is 4.36. The first-order chi connectivity index (χ1) is 14.6. The predicted octanol–water partition coefficient (Wildman–Crippen LogP) is 3.35. The van der Waals surface area contributed by atoms with Gasteiger partial charge in [-0.25, -0.2) is 0 Å². The first-order valence-electron chi connectivity index (χ1n) is 11.9. The van der Waals surface area contributed by atoms with Crippen LogP contribution in [0.3, 0.4) is 0 Å². The van der Waals surface area contributed by atoms with Gasteiger partial charge in [-0.1, -0.05) is 19.4 Å². The predicted molar refractivity (Wildman–Crippen MR) is 112 cm³/mol. The standard InChI is InChI=1S/C25H34O6/c1-23-9-6-15(26)11-14(23)12-16(22(29)30-3)20-17-5-4-8-25(10-7-19(28)31-25)24(17,2)13-18(27)21(20)23/h11,16-18,20-21,27H,4-10,12-13H2,1-3H3/t16?,17?,18?,20?,21?,23?,24?,25-/m1/s1. The molecule has 7 unspecified atom stereocenters. The second-order valence-corrected chi connectivity index (χ2v) is 11.1. The Balaban J connectivity index is 1.63. The van der Waals surface area contributed by atoms with Crippen molar-refractivity contribution in [3.8, 4) is 0 Å². The molecule has 6 heteroatoms. The molecule has 31 heavy (non-hydrogen) atoms. The van der Waals surface area contributed by atoms with Crippen LogP contribution in [0.15, 0.2) is 11.6 Å². The number of esters is 2. The Morgan fingerprint density at radius 1 is 1.19 bits per heavy atom. The molecule has 0 radical (unpaired) electrons. The van der Waals surface area contributed by atoms with Crippen molar-refractivity contribution < 1.29 is 29.0 Å². The van der Waals surface area contributed by atoms with E-state index in [9.17, 15) is 19.5 Å². The molecule has 0 aromatic carbocycles. The summed E-state index contributed by atoms with van der Waals surface area (Å²) in [7, 11) is 1.42. The van der Waals surface area contributed by atoms with Gasteiger partial charge >= 0.3 is 11.9 Å². The maximum atomic E-state index is 13.0. The quantitative estimate of drug-likeness (QED) is 0.642. The average Bonchev–Trinajstić information content (AvgIpc) is 3.10. The van der Waals surface area contributed by atoms with Crippen LogP contribution in [0.1, 0.15) is 71.6 Å². The van der Waals surface area contributed by atoms with E-state index in [0.717, 1.165) is 24.8 Å². The smallest absolute Gasteiger partial charge is 0.309 e. The van der Waals surface area contributed by atoms with Crippen LogP contribution in [0.25, 0.3) is 0 Å². The van der Waals surface area contributed by atoms with Gasteiger partial charge in [-0.3, -0.25) is 14.4 Å². The van der Waals surface area contributed by atoms with E-state index < -0.39 is 11.7 Å². The number of carbonyl (C=O) groups is 3. The van der Waals surface area contributed by atoms with Crippen LogP contribution < -0.4 is 0 Å². The molecule has 0 aromatic rings.